The topological polar surface area (TPSA) is 69.7 Å². The summed E-state index contributed by atoms with van der Waals surface area (Å²) >= 11 is 0. The maximum absolute atomic E-state index is 11.7. The van der Waals surface area contributed by atoms with Gasteiger partial charge >= 0.3 is 6.03 Å². The van der Waals surface area contributed by atoms with Gasteiger partial charge < -0.3 is 10.2 Å². The van der Waals surface area contributed by atoms with Crippen molar-refractivity contribution in [1.82, 2.24) is 15.1 Å². The number of nitrogens with zero attached hydrogens (tertiary/aromatic N) is 2. The average Bonchev–Trinajstić information content (AvgIpc) is 2.45. The Morgan fingerprint density at radius 1 is 1.41 bits per heavy atom. The molecule has 0 aliphatic carbocycles. The van der Waals surface area contributed by atoms with E-state index >= 15 is 0 Å². The maximum Gasteiger partial charge on any atom is 0.324 e. The fourth-order valence-electron chi connectivity index (χ4n) is 2.10. The Kier molecular flexibility index (Phi) is 3.04. The Hall–Kier alpha value is -1.59. The highest BCUT2D eigenvalue weighted by atomic mass is 16.2. The molecule has 2 heterocycles. The number of nitrogens with one attached hydrogen (secondary N) is 1. The Bertz CT molecular complexity index is 345. The summed E-state index contributed by atoms with van der Waals surface area (Å²) in [6.45, 7) is 5.02. The van der Waals surface area contributed by atoms with Crippen LogP contribution in [0.2, 0.25) is 0 Å². The summed E-state index contributed by atoms with van der Waals surface area (Å²) in [4.78, 5) is 37.4. The highest BCUT2D eigenvalue weighted by Gasteiger charge is 2.42. The zero-order valence-electron chi connectivity index (χ0n) is 10.1. The molecule has 0 spiro atoms. The molecular formula is C11H17N3O3. The molecule has 0 radical (unpaired) electrons. The van der Waals surface area contributed by atoms with Crippen LogP contribution in [0.15, 0.2) is 0 Å². The van der Waals surface area contributed by atoms with Crippen LogP contribution in [0.4, 0.5) is 4.79 Å². The third-order valence-electron chi connectivity index (χ3n) is 3.04. The van der Waals surface area contributed by atoms with Crippen molar-refractivity contribution in [2.45, 2.75) is 26.3 Å². The van der Waals surface area contributed by atoms with Crippen LogP contribution < -0.4 is 5.32 Å². The average molecular weight is 239 g/mol. The van der Waals surface area contributed by atoms with Crippen molar-refractivity contribution < 1.29 is 14.4 Å². The molecule has 0 aromatic carbocycles. The normalized spacial score (nSPS) is 20.9. The van der Waals surface area contributed by atoms with Crippen molar-refractivity contribution in [3.8, 4) is 0 Å². The monoisotopic (exact) mass is 239 g/mol. The molecule has 94 valence electrons. The molecule has 0 aromatic heterocycles. The van der Waals surface area contributed by atoms with Crippen molar-refractivity contribution in [3.63, 3.8) is 0 Å². The van der Waals surface area contributed by atoms with Crippen LogP contribution in [-0.2, 0) is 9.59 Å². The quantitative estimate of drug-likeness (QED) is 0.693. The number of hydrogen-bond acceptors (Lipinski definition) is 3. The number of imide groups is 1. The van der Waals surface area contributed by atoms with E-state index in [1.165, 1.54) is 4.90 Å². The van der Waals surface area contributed by atoms with E-state index < -0.39 is 0 Å². The van der Waals surface area contributed by atoms with E-state index in [4.69, 9.17) is 0 Å². The zero-order valence-corrected chi connectivity index (χ0v) is 10.1. The predicted octanol–water partition coefficient (Wildman–Crippen LogP) is -0.205. The van der Waals surface area contributed by atoms with Gasteiger partial charge in [0.2, 0.25) is 11.8 Å². The fourth-order valence-corrected chi connectivity index (χ4v) is 2.10. The van der Waals surface area contributed by atoms with Gasteiger partial charge in [-0.25, -0.2) is 4.79 Å². The zero-order chi connectivity index (χ0) is 12.6. The fraction of sp³-hybridized carbons (Fsp3) is 0.727. The molecule has 2 rings (SSSR count). The lowest BCUT2D eigenvalue weighted by Crippen LogP contribution is -2.62. The van der Waals surface area contributed by atoms with Crippen LogP contribution in [0.5, 0.6) is 0 Å². The first-order chi connectivity index (χ1) is 7.99. The molecular weight excluding hydrogens is 222 g/mol. The molecule has 0 atom stereocenters. The Labute approximate surface area is 99.9 Å². The lowest BCUT2D eigenvalue weighted by molar-refractivity contribution is -0.142. The molecule has 2 aliphatic heterocycles. The van der Waals surface area contributed by atoms with Gasteiger partial charge in [-0.05, 0) is 5.92 Å². The number of amides is 4. The van der Waals surface area contributed by atoms with E-state index in [9.17, 15) is 14.4 Å². The number of likely N-dealkylation sites (tertiary alicyclic amines) is 1. The van der Waals surface area contributed by atoms with Crippen molar-refractivity contribution in [1.29, 1.82) is 0 Å². The molecule has 2 fully saturated rings. The second-order valence-electron chi connectivity index (χ2n) is 4.97. The summed E-state index contributed by atoms with van der Waals surface area (Å²) in [5.74, 6) is 0.234. The van der Waals surface area contributed by atoms with E-state index in [2.05, 4.69) is 5.32 Å². The standard InChI is InChI=1S/C11H17N3O3/c1-7(2)3-9(15)13-5-8(6-13)14-10(16)4-12-11(14)17/h7-8H,3-6H2,1-2H3,(H,12,17). The lowest BCUT2D eigenvalue weighted by Gasteiger charge is -2.42. The Morgan fingerprint density at radius 2 is 2.06 bits per heavy atom. The second-order valence-corrected chi connectivity index (χ2v) is 4.97. The summed E-state index contributed by atoms with van der Waals surface area (Å²) in [6.07, 6.45) is 0.521. The van der Waals surface area contributed by atoms with Gasteiger partial charge in [0.15, 0.2) is 0 Å². The molecule has 17 heavy (non-hydrogen) atoms. The first-order valence-corrected chi connectivity index (χ1v) is 5.86. The first-order valence-electron chi connectivity index (χ1n) is 5.86. The minimum atomic E-state index is -0.337. The number of hydrogen-bond donors (Lipinski definition) is 1. The third kappa shape index (κ3) is 2.25. The number of carbonyl (C=O) groups excluding carboxylic acids is 3. The minimum absolute atomic E-state index is 0.0786. The van der Waals surface area contributed by atoms with E-state index in [0.717, 1.165) is 0 Å². The lowest BCUT2D eigenvalue weighted by atomic mass is 10.0. The summed E-state index contributed by atoms with van der Waals surface area (Å²) in [6, 6.07) is -0.475. The van der Waals surface area contributed by atoms with Crippen molar-refractivity contribution in [3.05, 3.63) is 0 Å². The predicted molar refractivity (Wildman–Crippen MR) is 60.1 cm³/mol. The van der Waals surface area contributed by atoms with E-state index in [-0.39, 0.29) is 30.4 Å². The van der Waals surface area contributed by atoms with Crippen LogP contribution >= 0.6 is 0 Å². The number of carbonyl (C=O) groups is 3. The number of rotatable bonds is 3. The van der Waals surface area contributed by atoms with Crippen molar-refractivity contribution >= 4 is 17.8 Å². The SMILES string of the molecule is CC(C)CC(=O)N1CC(N2C(=O)CNC2=O)C1. The smallest absolute Gasteiger partial charge is 0.324 e. The minimum Gasteiger partial charge on any atom is -0.338 e. The van der Waals surface area contributed by atoms with Crippen molar-refractivity contribution in [2.75, 3.05) is 19.6 Å². The van der Waals surface area contributed by atoms with E-state index in [0.29, 0.717) is 25.4 Å². The summed E-state index contributed by atoms with van der Waals surface area (Å²) < 4.78 is 0. The van der Waals surface area contributed by atoms with Crippen LogP contribution in [0.3, 0.4) is 0 Å². The van der Waals surface area contributed by atoms with Gasteiger partial charge in [-0.3, -0.25) is 14.5 Å². The second kappa shape index (κ2) is 4.35. The van der Waals surface area contributed by atoms with Crippen LogP contribution in [0, 0.1) is 5.92 Å². The van der Waals surface area contributed by atoms with Gasteiger partial charge in [-0.15, -0.1) is 0 Å². The molecule has 6 heteroatoms. The van der Waals surface area contributed by atoms with Crippen LogP contribution in [0.1, 0.15) is 20.3 Å². The van der Waals surface area contributed by atoms with Gasteiger partial charge in [-0.2, -0.15) is 0 Å². The third-order valence-corrected chi connectivity index (χ3v) is 3.04. The Balaban J connectivity index is 1.84. The van der Waals surface area contributed by atoms with Gasteiger partial charge in [0.05, 0.1) is 12.6 Å². The summed E-state index contributed by atoms with van der Waals surface area (Å²) in [5, 5.41) is 2.48. The van der Waals surface area contributed by atoms with Crippen molar-refractivity contribution in [2.24, 2.45) is 5.92 Å². The molecule has 0 bridgehead atoms. The molecule has 1 N–H and O–H groups in total. The summed E-state index contributed by atoms with van der Waals surface area (Å²) in [5.41, 5.74) is 0. The highest BCUT2D eigenvalue weighted by Crippen LogP contribution is 2.19. The largest absolute Gasteiger partial charge is 0.338 e. The molecule has 6 nitrogen and oxygen atoms in total. The first kappa shape index (κ1) is 11.9. The molecule has 4 amide bonds. The van der Waals surface area contributed by atoms with Gasteiger partial charge in [-0.1, -0.05) is 13.8 Å². The Morgan fingerprint density at radius 3 is 2.53 bits per heavy atom. The molecule has 0 aromatic rings. The van der Waals surface area contributed by atoms with Crippen LogP contribution in [0.25, 0.3) is 0 Å². The molecule has 0 saturated carbocycles. The van der Waals surface area contributed by atoms with Crippen LogP contribution in [-0.4, -0.2) is 53.3 Å². The molecule has 2 aliphatic rings. The maximum atomic E-state index is 11.7. The summed E-state index contributed by atoms with van der Waals surface area (Å²) in [7, 11) is 0. The van der Waals surface area contributed by atoms with Gasteiger partial charge in [0.25, 0.3) is 0 Å². The number of urea groups is 1. The van der Waals surface area contributed by atoms with Gasteiger partial charge in [0.1, 0.15) is 0 Å². The van der Waals surface area contributed by atoms with E-state index in [1.54, 1.807) is 4.90 Å². The molecule has 2 saturated heterocycles. The van der Waals surface area contributed by atoms with E-state index in [1.807, 2.05) is 13.8 Å². The highest BCUT2D eigenvalue weighted by molar-refractivity contribution is 6.02. The molecule has 0 unspecified atom stereocenters. The van der Waals surface area contributed by atoms with Gasteiger partial charge in [0, 0.05) is 19.5 Å².